The van der Waals surface area contributed by atoms with Crippen LogP contribution in [0.15, 0.2) is 0 Å². The van der Waals surface area contributed by atoms with Crippen LogP contribution in [0.4, 0.5) is 0 Å². The largest absolute Gasteiger partial charge is 0.311 e. The van der Waals surface area contributed by atoms with Crippen LogP contribution in [0.2, 0.25) is 0 Å². The van der Waals surface area contributed by atoms with Gasteiger partial charge in [-0.2, -0.15) is 0 Å². The summed E-state index contributed by atoms with van der Waals surface area (Å²) in [5.41, 5.74) is 0. The van der Waals surface area contributed by atoms with Gasteiger partial charge in [-0.25, -0.2) is 0 Å². The van der Waals surface area contributed by atoms with Crippen molar-refractivity contribution in [2.24, 2.45) is 29.6 Å². The molecule has 1 N–H and O–H groups in total. The molecule has 114 valence electrons. The smallest absolute Gasteiger partial charge is 0.0244 e. The highest BCUT2D eigenvalue weighted by atomic mass is 15.2. The summed E-state index contributed by atoms with van der Waals surface area (Å²) in [5.74, 6) is 5.05. The van der Waals surface area contributed by atoms with Gasteiger partial charge in [0, 0.05) is 31.7 Å². The second-order valence-electron chi connectivity index (χ2n) is 8.46. The van der Waals surface area contributed by atoms with Crippen molar-refractivity contribution in [3.05, 3.63) is 0 Å². The summed E-state index contributed by atoms with van der Waals surface area (Å²) in [5, 5.41) is 3.86. The maximum atomic E-state index is 3.86. The molecule has 0 bridgehead atoms. The zero-order chi connectivity index (χ0) is 13.7. The Morgan fingerprint density at radius 1 is 1.00 bits per heavy atom. The normalized spacial score (nSPS) is 36.0. The molecule has 0 aromatic rings. The van der Waals surface area contributed by atoms with Crippen LogP contribution in [0.1, 0.15) is 52.4 Å². The van der Waals surface area contributed by atoms with Crippen molar-refractivity contribution in [2.75, 3.05) is 19.6 Å². The lowest BCUT2D eigenvalue weighted by Gasteiger charge is -2.44. The van der Waals surface area contributed by atoms with Gasteiger partial charge in [0.1, 0.15) is 0 Å². The molecule has 4 fully saturated rings. The SMILES string of the molecule is CC(C)C1CNC(C2CC2)CN1CC(C1CC1)C1CC1. The van der Waals surface area contributed by atoms with Crippen molar-refractivity contribution in [1.29, 1.82) is 0 Å². The third kappa shape index (κ3) is 2.92. The first-order valence-corrected chi connectivity index (χ1v) is 9.20. The summed E-state index contributed by atoms with van der Waals surface area (Å²) in [6.45, 7) is 8.83. The summed E-state index contributed by atoms with van der Waals surface area (Å²) >= 11 is 0. The van der Waals surface area contributed by atoms with Crippen molar-refractivity contribution in [3.8, 4) is 0 Å². The van der Waals surface area contributed by atoms with E-state index in [9.17, 15) is 0 Å². The molecule has 0 amide bonds. The highest BCUT2D eigenvalue weighted by Crippen LogP contribution is 2.50. The van der Waals surface area contributed by atoms with Crippen LogP contribution in [0.5, 0.6) is 0 Å². The van der Waals surface area contributed by atoms with Crippen molar-refractivity contribution in [3.63, 3.8) is 0 Å². The molecule has 3 saturated carbocycles. The summed E-state index contributed by atoms with van der Waals surface area (Å²) < 4.78 is 0. The van der Waals surface area contributed by atoms with E-state index < -0.39 is 0 Å². The van der Waals surface area contributed by atoms with Crippen molar-refractivity contribution >= 4 is 0 Å². The highest BCUT2D eigenvalue weighted by Gasteiger charge is 2.44. The van der Waals surface area contributed by atoms with E-state index in [4.69, 9.17) is 0 Å². The summed E-state index contributed by atoms with van der Waals surface area (Å²) in [6, 6.07) is 1.59. The van der Waals surface area contributed by atoms with E-state index in [0.717, 1.165) is 41.7 Å². The third-order valence-corrected chi connectivity index (χ3v) is 6.35. The van der Waals surface area contributed by atoms with Crippen LogP contribution in [0.3, 0.4) is 0 Å². The molecule has 1 aliphatic heterocycles. The molecule has 2 unspecified atom stereocenters. The van der Waals surface area contributed by atoms with Gasteiger partial charge in [-0.15, -0.1) is 0 Å². The zero-order valence-corrected chi connectivity index (χ0v) is 13.4. The Labute approximate surface area is 124 Å². The van der Waals surface area contributed by atoms with Gasteiger partial charge in [-0.3, -0.25) is 4.90 Å². The summed E-state index contributed by atoms with van der Waals surface area (Å²) in [6.07, 6.45) is 9.09. The number of nitrogens with one attached hydrogen (secondary N) is 1. The van der Waals surface area contributed by atoms with Crippen LogP contribution in [0, 0.1) is 29.6 Å². The fourth-order valence-corrected chi connectivity index (χ4v) is 4.54. The van der Waals surface area contributed by atoms with Crippen LogP contribution in [-0.2, 0) is 0 Å². The molecule has 2 nitrogen and oxygen atoms in total. The first-order valence-electron chi connectivity index (χ1n) is 9.20. The predicted molar refractivity (Wildman–Crippen MR) is 83.7 cm³/mol. The second kappa shape index (κ2) is 5.28. The topological polar surface area (TPSA) is 15.3 Å². The van der Waals surface area contributed by atoms with Gasteiger partial charge in [-0.1, -0.05) is 13.8 Å². The minimum absolute atomic E-state index is 0.782. The molecule has 2 atom stereocenters. The van der Waals surface area contributed by atoms with Gasteiger partial charge >= 0.3 is 0 Å². The van der Waals surface area contributed by atoms with Crippen molar-refractivity contribution in [1.82, 2.24) is 10.2 Å². The van der Waals surface area contributed by atoms with Gasteiger partial charge in [-0.05, 0) is 68.1 Å². The quantitative estimate of drug-likeness (QED) is 0.802. The lowest BCUT2D eigenvalue weighted by Crippen LogP contribution is -2.59. The Morgan fingerprint density at radius 3 is 2.15 bits per heavy atom. The standard InChI is InChI=1S/C18H32N2/c1-12(2)18-9-19-17(15-7-8-15)11-20(18)10-16(13-3-4-13)14-5-6-14/h12-19H,3-11H2,1-2H3. The maximum Gasteiger partial charge on any atom is 0.0244 e. The van der Waals surface area contributed by atoms with Crippen molar-refractivity contribution in [2.45, 2.75) is 64.5 Å². The van der Waals surface area contributed by atoms with Gasteiger partial charge < -0.3 is 5.32 Å². The minimum Gasteiger partial charge on any atom is -0.311 e. The van der Waals surface area contributed by atoms with Gasteiger partial charge in [0.15, 0.2) is 0 Å². The van der Waals surface area contributed by atoms with Gasteiger partial charge in [0.2, 0.25) is 0 Å². The Hall–Kier alpha value is -0.0800. The fourth-order valence-electron chi connectivity index (χ4n) is 4.54. The molecule has 3 aliphatic carbocycles. The number of rotatable bonds is 6. The maximum absolute atomic E-state index is 3.86. The summed E-state index contributed by atoms with van der Waals surface area (Å²) in [7, 11) is 0. The first-order chi connectivity index (χ1) is 9.72. The van der Waals surface area contributed by atoms with E-state index in [1.807, 2.05) is 0 Å². The predicted octanol–water partition coefficient (Wildman–Crippen LogP) is 3.13. The van der Waals surface area contributed by atoms with Crippen LogP contribution >= 0.6 is 0 Å². The Balaban J connectivity index is 1.42. The molecule has 0 spiro atoms. The Morgan fingerprint density at radius 2 is 1.65 bits per heavy atom. The highest BCUT2D eigenvalue weighted by molar-refractivity contribution is 4.99. The Kier molecular flexibility index (Phi) is 3.58. The molecule has 2 heteroatoms. The van der Waals surface area contributed by atoms with Gasteiger partial charge in [0.25, 0.3) is 0 Å². The number of piperazine rings is 1. The van der Waals surface area contributed by atoms with E-state index in [1.54, 1.807) is 0 Å². The van der Waals surface area contributed by atoms with Crippen molar-refractivity contribution < 1.29 is 0 Å². The molecule has 0 aromatic carbocycles. The molecule has 0 radical (unpaired) electrons. The zero-order valence-electron chi connectivity index (χ0n) is 13.4. The van der Waals surface area contributed by atoms with E-state index in [1.165, 1.54) is 58.2 Å². The average Bonchev–Trinajstić information content (AvgIpc) is 3.31. The number of hydrogen-bond donors (Lipinski definition) is 1. The second-order valence-corrected chi connectivity index (χ2v) is 8.46. The molecular formula is C18H32N2. The first kappa shape index (κ1) is 13.6. The molecule has 0 aromatic heterocycles. The monoisotopic (exact) mass is 276 g/mol. The molecule has 20 heavy (non-hydrogen) atoms. The van der Waals surface area contributed by atoms with E-state index in [-0.39, 0.29) is 0 Å². The van der Waals surface area contributed by atoms with Crippen LogP contribution in [0.25, 0.3) is 0 Å². The van der Waals surface area contributed by atoms with E-state index in [2.05, 4.69) is 24.1 Å². The number of nitrogens with zero attached hydrogens (tertiary/aromatic N) is 1. The molecule has 1 saturated heterocycles. The average molecular weight is 276 g/mol. The van der Waals surface area contributed by atoms with Crippen LogP contribution in [-0.4, -0.2) is 36.6 Å². The lowest BCUT2D eigenvalue weighted by atomic mass is 9.92. The Bertz CT molecular complexity index is 329. The molecule has 4 aliphatic rings. The third-order valence-electron chi connectivity index (χ3n) is 6.35. The molecular weight excluding hydrogens is 244 g/mol. The van der Waals surface area contributed by atoms with E-state index in [0.29, 0.717) is 0 Å². The van der Waals surface area contributed by atoms with Crippen LogP contribution < -0.4 is 5.32 Å². The summed E-state index contributed by atoms with van der Waals surface area (Å²) in [4.78, 5) is 2.91. The fraction of sp³-hybridized carbons (Fsp3) is 1.00. The molecule has 1 heterocycles. The lowest BCUT2D eigenvalue weighted by molar-refractivity contribution is 0.0679. The molecule has 4 rings (SSSR count). The minimum atomic E-state index is 0.782. The van der Waals surface area contributed by atoms with Gasteiger partial charge in [0.05, 0.1) is 0 Å². The van der Waals surface area contributed by atoms with E-state index >= 15 is 0 Å². The number of hydrogen-bond acceptors (Lipinski definition) is 2.